The molecule has 0 amide bonds. The molecular formula is C16H16N2S. The fourth-order valence-electron chi connectivity index (χ4n) is 1.80. The van der Waals surface area contributed by atoms with Crippen LogP contribution in [0.2, 0.25) is 0 Å². The molecule has 0 saturated heterocycles. The summed E-state index contributed by atoms with van der Waals surface area (Å²) < 4.78 is 0. The third-order valence-corrected chi connectivity index (χ3v) is 3.80. The van der Waals surface area contributed by atoms with Crippen molar-refractivity contribution < 1.29 is 0 Å². The molecule has 2 nitrogen and oxygen atoms in total. The molecule has 2 aromatic carbocycles. The van der Waals surface area contributed by atoms with E-state index in [2.05, 4.69) is 49.3 Å². The van der Waals surface area contributed by atoms with Crippen LogP contribution in [0.15, 0.2) is 58.3 Å². The van der Waals surface area contributed by atoms with Crippen molar-refractivity contribution in [2.45, 2.75) is 16.3 Å². The van der Waals surface area contributed by atoms with Crippen LogP contribution in [0, 0.1) is 11.3 Å². The Hall–Kier alpha value is -1.76. The van der Waals surface area contributed by atoms with Gasteiger partial charge in [0.25, 0.3) is 0 Å². The maximum atomic E-state index is 8.80. The fraction of sp³-hybridized carbons (Fsp3) is 0.188. The van der Waals surface area contributed by atoms with Crippen LogP contribution >= 0.6 is 11.8 Å². The second-order valence-corrected chi connectivity index (χ2v) is 5.70. The van der Waals surface area contributed by atoms with Crippen LogP contribution in [0.1, 0.15) is 11.1 Å². The van der Waals surface area contributed by atoms with Gasteiger partial charge in [0.15, 0.2) is 0 Å². The molecule has 0 aromatic heterocycles. The average Bonchev–Trinajstić information content (AvgIpc) is 2.41. The van der Waals surface area contributed by atoms with Crippen molar-refractivity contribution >= 4 is 11.8 Å². The molecule has 0 aliphatic rings. The van der Waals surface area contributed by atoms with Crippen molar-refractivity contribution in [3.8, 4) is 6.07 Å². The zero-order valence-corrected chi connectivity index (χ0v) is 11.9. The van der Waals surface area contributed by atoms with Gasteiger partial charge < -0.3 is 4.90 Å². The number of hydrogen-bond acceptors (Lipinski definition) is 3. The lowest BCUT2D eigenvalue weighted by Crippen LogP contribution is -2.11. The Balaban J connectivity index is 2.20. The quantitative estimate of drug-likeness (QED) is 0.844. The average molecular weight is 268 g/mol. The molecule has 19 heavy (non-hydrogen) atoms. The predicted octanol–water partition coefficient (Wildman–Crippen LogP) is 3.77. The first-order valence-corrected chi connectivity index (χ1v) is 6.91. The standard InChI is InChI=1S/C16H16N2S/c1-18(2)12-14-5-3-4-6-16(14)19-15-9-7-13(11-17)8-10-15/h3-10H,12H2,1-2H3. The molecule has 0 bridgehead atoms. The Morgan fingerprint density at radius 2 is 1.74 bits per heavy atom. The number of nitriles is 1. The lowest BCUT2D eigenvalue weighted by molar-refractivity contribution is 0.399. The number of benzene rings is 2. The van der Waals surface area contributed by atoms with Crippen molar-refractivity contribution in [2.24, 2.45) is 0 Å². The van der Waals surface area contributed by atoms with Gasteiger partial charge in [-0.1, -0.05) is 30.0 Å². The van der Waals surface area contributed by atoms with E-state index in [-0.39, 0.29) is 0 Å². The van der Waals surface area contributed by atoms with E-state index in [9.17, 15) is 0 Å². The Bertz CT molecular complexity index is 582. The molecule has 0 aliphatic carbocycles. The summed E-state index contributed by atoms with van der Waals surface area (Å²) in [5.74, 6) is 0. The van der Waals surface area contributed by atoms with E-state index in [4.69, 9.17) is 5.26 Å². The first-order chi connectivity index (χ1) is 9.19. The second kappa shape index (κ2) is 6.42. The molecule has 2 rings (SSSR count). The van der Waals surface area contributed by atoms with E-state index < -0.39 is 0 Å². The van der Waals surface area contributed by atoms with Crippen LogP contribution in [-0.2, 0) is 6.54 Å². The summed E-state index contributed by atoms with van der Waals surface area (Å²) in [7, 11) is 4.15. The molecule has 0 aliphatic heterocycles. The van der Waals surface area contributed by atoms with E-state index in [0.29, 0.717) is 5.56 Å². The van der Waals surface area contributed by atoms with Crippen LogP contribution in [-0.4, -0.2) is 19.0 Å². The van der Waals surface area contributed by atoms with E-state index in [0.717, 1.165) is 11.4 Å². The Morgan fingerprint density at radius 1 is 1.05 bits per heavy atom. The normalized spacial score (nSPS) is 10.4. The summed E-state index contributed by atoms with van der Waals surface area (Å²) in [4.78, 5) is 4.59. The van der Waals surface area contributed by atoms with Gasteiger partial charge >= 0.3 is 0 Å². The Kier molecular flexibility index (Phi) is 4.62. The van der Waals surface area contributed by atoms with Gasteiger partial charge in [0.1, 0.15) is 0 Å². The molecule has 2 aromatic rings. The van der Waals surface area contributed by atoms with Crippen LogP contribution in [0.25, 0.3) is 0 Å². The smallest absolute Gasteiger partial charge is 0.0991 e. The van der Waals surface area contributed by atoms with Gasteiger partial charge in [0.2, 0.25) is 0 Å². The SMILES string of the molecule is CN(C)Cc1ccccc1Sc1ccc(C#N)cc1. The van der Waals surface area contributed by atoms with Gasteiger partial charge in [-0.3, -0.25) is 0 Å². The number of hydrogen-bond donors (Lipinski definition) is 0. The molecule has 0 fully saturated rings. The largest absolute Gasteiger partial charge is 0.305 e. The monoisotopic (exact) mass is 268 g/mol. The minimum Gasteiger partial charge on any atom is -0.305 e. The molecule has 0 unspecified atom stereocenters. The van der Waals surface area contributed by atoms with Gasteiger partial charge in [0, 0.05) is 16.3 Å². The summed E-state index contributed by atoms with van der Waals surface area (Å²) >= 11 is 1.74. The van der Waals surface area contributed by atoms with E-state index in [1.165, 1.54) is 10.5 Å². The first kappa shape index (κ1) is 13.7. The lowest BCUT2D eigenvalue weighted by atomic mass is 10.2. The third-order valence-electron chi connectivity index (χ3n) is 2.67. The van der Waals surface area contributed by atoms with E-state index >= 15 is 0 Å². The first-order valence-electron chi connectivity index (χ1n) is 6.09. The molecule has 0 radical (unpaired) electrons. The molecule has 0 spiro atoms. The van der Waals surface area contributed by atoms with Crippen LogP contribution in [0.5, 0.6) is 0 Å². The predicted molar refractivity (Wildman–Crippen MR) is 79.1 cm³/mol. The molecule has 96 valence electrons. The summed E-state index contributed by atoms with van der Waals surface area (Å²) in [6, 6.07) is 18.3. The maximum Gasteiger partial charge on any atom is 0.0991 e. The fourth-order valence-corrected chi connectivity index (χ4v) is 2.74. The molecule has 3 heteroatoms. The van der Waals surface area contributed by atoms with Crippen molar-refractivity contribution in [1.29, 1.82) is 5.26 Å². The molecule has 0 heterocycles. The van der Waals surface area contributed by atoms with Crippen molar-refractivity contribution in [3.63, 3.8) is 0 Å². The minimum atomic E-state index is 0.700. The number of rotatable bonds is 4. The molecule has 0 N–H and O–H groups in total. The van der Waals surface area contributed by atoms with Crippen molar-refractivity contribution in [3.05, 3.63) is 59.7 Å². The lowest BCUT2D eigenvalue weighted by Gasteiger charge is -2.13. The molecule has 0 atom stereocenters. The maximum absolute atomic E-state index is 8.80. The van der Waals surface area contributed by atoms with Gasteiger partial charge in [-0.05, 0) is 50.0 Å². The topological polar surface area (TPSA) is 27.0 Å². The summed E-state index contributed by atoms with van der Waals surface area (Å²) in [6.45, 7) is 0.930. The van der Waals surface area contributed by atoms with Gasteiger partial charge in [-0.15, -0.1) is 0 Å². The minimum absolute atomic E-state index is 0.700. The van der Waals surface area contributed by atoms with E-state index in [1.54, 1.807) is 11.8 Å². The highest BCUT2D eigenvalue weighted by Gasteiger charge is 2.05. The van der Waals surface area contributed by atoms with Gasteiger partial charge in [0.05, 0.1) is 11.6 Å². The molecular weight excluding hydrogens is 252 g/mol. The zero-order chi connectivity index (χ0) is 13.7. The highest BCUT2D eigenvalue weighted by molar-refractivity contribution is 7.99. The zero-order valence-electron chi connectivity index (χ0n) is 11.1. The van der Waals surface area contributed by atoms with Crippen LogP contribution in [0.3, 0.4) is 0 Å². The third kappa shape index (κ3) is 3.85. The summed E-state index contributed by atoms with van der Waals surface area (Å²) in [6.07, 6.45) is 0. The van der Waals surface area contributed by atoms with E-state index in [1.807, 2.05) is 24.3 Å². The Morgan fingerprint density at radius 3 is 2.37 bits per heavy atom. The molecule has 0 saturated carbocycles. The number of nitrogens with zero attached hydrogens (tertiary/aromatic N) is 2. The van der Waals surface area contributed by atoms with Crippen molar-refractivity contribution in [1.82, 2.24) is 4.90 Å². The highest BCUT2D eigenvalue weighted by Crippen LogP contribution is 2.30. The highest BCUT2D eigenvalue weighted by atomic mass is 32.2. The van der Waals surface area contributed by atoms with Gasteiger partial charge in [-0.2, -0.15) is 5.26 Å². The summed E-state index contributed by atoms with van der Waals surface area (Å²) in [5, 5.41) is 8.80. The second-order valence-electron chi connectivity index (χ2n) is 4.58. The Labute approximate surface area is 118 Å². The van der Waals surface area contributed by atoms with Crippen molar-refractivity contribution in [2.75, 3.05) is 14.1 Å². The van der Waals surface area contributed by atoms with Crippen LogP contribution < -0.4 is 0 Å². The van der Waals surface area contributed by atoms with Crippen LogP contribution in [0.4, 0.5) is 0 Å². The van der Waals surface area contributed by atoms with Gasteiger partial charge in [-0.25, -0.2) is 0 Å². The summed E-state index contributed by atoms with van der Waals surface area (Å²) in [5.41, 5.74) is 2.02.